The zero-order valence-corrected chi connectivity index (χ0v) is 12.6. The maximum Gasteiger partial charge on any atom is 0.180 e. The number of aliphatic hydroxyl groups excluding tert-OH is 1. The van der Waals surface area contributed by atoms with Crippen LogP contribution >= 0.6 is 0 Å². The number of aryl methyl sites for hydroxylation is 1. The highest BCUT2D eigenvalue weighted by Gasteiger charge is 2.23. The highest BCUT2D eigenvalue weighted by Crippen LogP contribution is 2.14. The van der Waals surface area contributed by atoms with E-state index >= 15 is 0 Å². The predicted molar refractivity (Wildman–Crippen MR) is 77.0 cm³/mol. The molecule has 0 unspecified atom stereocenters. The van der Waals surface area contributed by atoms with Gasteiger partial charge in [0.25, 0.3) is 0 Å². The summed E-state index contributed by atoms with van der Waals surface area (Å²) in [7, 11) is -3.44. The van der Waals surface area contributed by atoms with Crippen molar-refractivity contribution in [3.8, 4) is 0 Å². The van der Waals surface area contributed by atoms with E-state index in [1.165, 1.54) is 0 Å². The lowest BCUT2D eigenvalue weighted by Crippen LogP contribution is -2.41. The van der Waals surface area contributed by atoms with E-state index in [1.54, 1.807) is 31.2 Å². The molecule has 0 spiro atoms. The molecule has 0 amide bonds. The third-order valence-electron chi connectivity index (χ3n) is 3.06. The summed E-state index contributed by atoms with van der Waals surface area (Å²) in [5, 5.41) is 13.1. The number of aliphatic hydroxyl groups is 1. The van der Waals surface area contributed by atoms with Gasteiger partial charge in [-0.15, -0.1) is 0 Å². The van der Waals surface area contributed by atoms with Crippen LogP contribution in [0.1, 0.15) is 25.8 Å². The Morgan fingerprint density at radius 2 is 1.84 bits per heavy atom. The van der Waals surface area contributed by atoms with Crippen LogP contribution in [-0.4, -0.2) is 38.0 Å². The molecule has 0 aromatic heterocycles. The molecule has 1 rings (SSSR count). The summed E-state index contributed by atoms with van der Waals surface area (Å²) in [6.45, 7) is 6.49. The summed E-state index contributed by atoms with van der Waals surface area (Å²) in [6, 6.07) is 6.46. The Bertz CT molecular complexity index is 482. The van der Waals surface area contributed by atoms with Crippen molar-refractivity contribution < 1.29 is 13.5 Å². The van der Waals surface area contributed by atoms with Gasteiger partial charge in [0.15, 0.2) is 9.84 Å². The monoisotopic (exact) mass is 285 g/mol. The van der Waals surface area contributed by atoms with Gasteiger partial charge in [-0.05, 0) is 38.9 Å². The van der Waals surface area contributed by atoms with Crippen LogP contribution in [0.5, 0.6) is 0 Å². The molecule has 0 bridgehead atoms. The van der Waals surface area contributed by atoms with Crippen LogP contribution in [0.3, 0.4) is 0 Å². The molecular formula is C14H23NO3S. The topological polar surface area (TPSA) is 66.4 Å². The third kappa shape index (κ3) is 4.93. The van der Waals surface area contributed by atoms with Gasteiger partial charge in [-0.3, -0.25) is 0 Å². The van der Waals surface area contributed by atoms with Crippen molar-refractivity contribution in [1.29, 1.82) is 0 Å². The minimum absolute atomic E-state index is 0.236. The van der Waals surface area contributed by atoms with Gasteiger partial charge >= 0.3 is 0 Å². The van der Waals surface area contributed by atoms with Crippen molar-refractivity contribution in [1.82, 2.24) is 5.32 Å². The average molecular weight is 285 g/mol. The molecule has 2 atom stereocenters. The fraction of sp³-hybridized carbons (Fsp3) is 0.571. The van der Waals surface area contributed by atoms with E-state index in [-0.39, 0.29) is 16.7 Å². The zero-order chi connectivity index (χ0) is 14.5. The van der Waals surface area contributed by atoms with Gasteiger partial charge in [-0.25, -0.2) is 8.42 Å². The Morgan fingerprint density at radius 1 is 1.26 bits per heavy atom. The molecule has 0 aliphatic carbocycles. The van der Waals surface area contributed by atoms with Crippen LogP contribution in [0, 0.1) is 6.92 Å². The maximum absolute atomic E-state index is 12.1. The standard InChI is InChI=1S/C14H23NO3S/c1-4-9-15-12(3)14(16)10-19(17,18)13-7-5-11(2)6-8-13/h5-8,12,14-16H,4,9-10H2,1-3H3/t12-,14+/m1/s1. The van der Waals surface area contributed by atoms with Gasteiger partial charge in [-0.2, -0.15) is 0 Å². The fourth-order valence-corrected chi connectivity index (χ4v) is 3.20. The van der Waals surface area contributed by atoms with Gasteiger partial charge in [0.05, 0.1) is 16.8 Å². The molecule has 5 heteroatoms. The Labute approximate surface area is 115 Å². The van der Waals surface area contributed by atoms with E-state index < -0.39 is 15.9 Å². The van der Waals surface area contributed by atoms with Gasteiger partial charge in [0, 0.05) is 6.04 Å². The van der Waals surface area contributed by atoms with Crippen LogP contribution in [0.2, 0.25) is 0 Å². The molecule has 0 fully saturated rings. The van der Waals surface area contributed by atoms with Crippen molar-refractivity contribution in [2.45, 2.75) is 44.2 Å². The number of rotatable bonds is 7. The first kappa shape index (κ1) is 16.1. The van der Waals surface area contributed by atoms with E-state index in [1.807, 2.05) is 13.8 Å². The highest BCUT2D eigenvalue weighted by atomic mass is 32.2. The van der Waals surface area contributed by atoms with E-state index in [0.29, 0.717) is 0 Å². The van der Waals surface area contributed by atoms with Crippen LogP contribution in [-0.2, 0) is 9.84 Å². The number of hydrogen-bond acceptors (Lipinski definition) is 4. The third-order valence-corrected chi connectivity index (χ3v) is 4.83. The Balaban J connectivity index is 2.71. The van der Waals surface area contributed by atoms with Gasteiger partial charge in [0.2, 0.25) is 0 Å². The molecule has 0 radical (unpaired) electrons. The lowest BCUT2D eigenvalue weighted by atomic mass is 10.2. The first-order chi connectivity index (χ1) is 8.86. The van der Waals surface area contributed by atoms with Crippen molar-refractivity contribution in [2.24, 2.45) is 0 Å². The molecule has 1 aromatic rings. The van der Waals surface area contributed by atoms with Crippen LogP contribution in [0.15, 0.2) is 29.2 Å². The molecule has 108 valence electrons. The van der Waals surface area contributed by atoms with Crippen molar-refractivity contribution >= 4 is 9.84 Å². The summed E-state index contributed by atoms with van der Waals surface area (Å²) in [4.78, 5) is 0.264. The summed E-state index contributed by atoms with van der Waals surface area (Å²) >= 11 is 0. The minimum Gasteiger partial charge on any atom is -0.390 e. The predicted octanol–water partition coefficient (Wildman–Crippen LogP) is 1.52. The van der Waals surface area contributed by atoms with Crippen molar-refractivity contribution in [2.75, 3.05) is 12.3 Å². The van der Waals surface area contributed by atoms with Gasteiger partial charge in [0.1, 0.15) is 0 Å². The SMILES string of the molecule is CCCN[C@H](C)[C@@H](O)CS(=O)(=O)c1ccc(C)cc1. The average Bonchev–Trinajstić information content (AvgIpc) is 2.35. The number of sulfone groups is 1. The molecule has 0 heterocycles. The molecule has 19 heavy (non-hydrogen) atoms. The smallest absolute Gasteiger partial charge is 0.180 e. The summed E-state index contributed by atoms with van der Waals surface area (Å²) in [5.41, 5.74) is 1.01. The van der Waals surface area contributed by atoms with E-state index in [4.69, 9.17) is 0 Å². The molecule has 4 nitrogen and oxygen atoms in total. The van der Waals surface area contributed by atoms with Gasteiger partial charge < -0.3 is 10.4 Å². The van der Waals surface area contributed by atoms with E-state index in [9.17, 15) is 13.5 Å². The second-order valence-corrected chi connectivity index (χ2v) is 6.94. The summed E-state index contributed by atoms with van der Waals surface area (Å²) in [5.74, 6) is -0.256. The van der Waals surface area contributed by atoms with E-state index in [2.05, 4.69) is 5.32 Å². The molecule has 0 saturated carbocycles. The van der Waals surface area contributed by atoms with Crippen molar-refractivity contribution in [3.63, 3.8) is 0 Å². The molecule has 2 N–H and O–H groups in total. The zero-order valence-electron chi connectivity index (χ0n) is 11.8. The summed E-state index contributed by atoms with van der Waals surface area (Å²) < 4.78 is 24.3. The molecule has 1 aromatic carbocycles. The maximum atomic E-state index is 12.1. The lowest BCUT2D eigenvalue weighted by molar-refractivity contribution is 0.155. The lowest BCUT2D eigenvalue weighted by Gasteiger charge is -2.20. The molecule has 0 saturated heterocycles. The Morgan fingerprint density at radius 3 is 2.37 bits per heavy atom. The van der Waals surface area contributed by atoms with Gasteiger partial charge in [-0.1, -0.05) is 24.6 Å². The second-order valence-electron chi connectivity index (χ2n) is 4.90. The molecule has 0 aliphatic rings. The second kappa shape index (κ2) is 7.03. The van der Waals surface area contributed by atoms with Crippen LogP contribution in [0.4, 0.5) is 0 Å². The largest absolute Gasteiger partial charge is 0.390 e. The Hall–Kier alpha value is -0.910. The van der Waals surface area contributed by atoms with Crippen molar-refractivity contribution in [3.05, 3.63) is 29.8 Å². The van der Waals surface area contributed by atoms with Crippen LogP contribution in [0.25, 0.3) is 0 Å². The quantitative estimate of drug-likeness (QED) is 0.797. The first-order valence-electron chi connectivity index (χ1n) is 6.57. The molecule has 0 aliphatic heterocycles. The Kier molecular flexibility index (Phi) is 5.97. The highest BCUT2D eigenvalue weighted by molar-refractivity contribution is 7.91. The minimum atomic E-state index is -3.44. The van der Waals surface area contributed by atoms with E-state index in [0.717, 1.165) is 18.5 Å². The number of benzene rings is 1. The fourth-order valence-electron chi connectivity index (χ4n) is 1.72. The number of hydrogen-bond donors (Lipinski definition) is 2. The van der Waals surface area contributed by atoms with Crippen LogP contribution < -0.4 is 5.32 Å². The summed E-state index contributed by atoms with van der Waals surface area (Å²) in [6.07, 6.45) is 0.0414. The normalized spacial score (nSPS) is 15.2. The molecular weight excluding hydrogens is 262 g/mol. The first-order valence-corrected chi connectivity index (χ1v) is 8.23. The number of nitrogens with one attached hydrogen (secondary N) is 1.